The van der Waals surface area contributed by atoms with Crippen LogP contribution in [0.1, 0.15) is 13.8 Å². The molecule has 0 aliphatic carbocycles. The van der Waals surface area contributed by atoms with Gasteiger partial charge in [0, 0.05) is 0 Å². The molecule has 0 spiro atoms. The van der Waals surface area contributed by atoms with E-state index in [1.807, 2.05) is 0 Å². The minimum Gasteiger partial charge on any atom is -0.362 e. The SMILES string of the molecule is [C-]#[N+]c1ccnn1CC(C)C. The summed E-state index contributed by atoms with van der Waals surface area (Å²) < 4.78 is 1.73. The summed E-state index contributed by atoms with van der Waals surface area (Å²) in [6.45, 7) is 11.8. The molecule has 0 fully saturated rings. The maximum absolute atomic E-state index is 6.81. The summed E-state index contributed by atoms with van der Waals surface area (Å²) in [7, 11) is 0. The molecule has 0 radical (unpaired) electrons. The lowest BCUT2D eigenvalue weighted by molar-refractivity contribution is 0.489. The van der Waals surface area contributed by atoms with Crippen molar-refractivity contribution in [2.75, 3.05) is 0 Å². The molecule has 0 saturated carbocycles. The van der Waals surface area contributed by atoms with Gasteiger partial charge in [-0.2, -0.15) is 4.68 Å². The standard InChI is InChI=1S/C8H11N3/c1-7(2)6-11-8(9-3)4-5-10-11/h4-5,7H,6H2,1-2H3. The molecule has 3 nitrogen and oxygen atoms in total. The third-order valence-corrected chi connectivity index (χ3v) is 1.35. The van der Waals surface area contributed by atoms with Crippen LogP contribution in [-0.2, 0) is 6.54 Å². The third-order valence-electron chi connectivity index (χ3n) is 1.35. The average molecular weight is 149 g/mol. The average Bonchev–Trinajstić information content (AvgIpc) is 2.34. The Hall–Kier alpha value is -1.30. The normalized spacial score (nSPS) is 10.0. The van der Waals surface area contributed by atoms with Crippen LogP contribution in [0.25, 0.3) is 4.85 Å². The number of hydrogen-bond acceptors (Lipinski definition) is 1. The van der Waals surface area contributed by atoms with E-state index in [1.165, 1.54) is 0 Å². The van der Waals surface area contributed by atoms with E-state index < -0.39 is 0 Å². The van der Waals surface area contributed by atoms with Crippen LogP contribution in [-0.4, -0.2) is 9.78 Å². The van der Waals surface area contributed by atoms with Gasteiger partial charge in [-0.15, -0.1) is 5.10 Å². The summed E-state index contributed by atoms with van der Waals surface area (Å²) in [5, 5.41) is 4.03. The van der Waals surface area contributed by atoms with Crippen molar-refractivity contribution in [3.8, 4) is 0 Å². The Kier molecular flexibility index (Phi) is 2.27. The molecule has 0 unspecified atom stereocenters. The fraction of sp³-hybridized carbons (Fsp3) is 0.500. The zero-order valence-electron chi connectivity index (χ0n) is 6.78. The van der Waals surface area contributed by atoms with E-state index in [2.05, 4.69) is 23.8 Å². The maximum Gasteiger partial charge on any atom is 0.252 e. The fourth-order valence-corrected chi connectivity index (χ4v) is 0.907. The summed E-state index contributed by atoms with van der Waals surface area (Å²) in [4.78, 5) is 3.33. The molecule has 0 N–H and O–H groups in total. The molecule has 0 atom stereocenters. The van der Waals surface area contributed by atoms with Crippen LogP contribution >= 0.6 is 0 Å². The number of hydrogen-bond donors (Lipinski definition) is 0. The molecule has 1 rings (SSSR count). The summed E-state index contributed by atoms with van der Waals surface area (Å²) in [5.41, 5.74) is 0. The van der Waals surface area contributed by atoms with Gasteiger partial charge in [-0.25, -0.2) is 0 Å². The monoisotopic (exact) mass is 149 g/mol. The van der Waals surface area contributed by atoms with E-state index in [0.717, 1.165) is 6.54 Å². The Morgan fingerprint density at radius 2 is 2.45 bits per heavy atom. The van der Waals surface area contributed by atoms with Crippen molar-refractivity contribution in [1.29, 1.82) is 0 Å². The second-order valence-electron chi connectivity index (χ2n) is 2.88. The van der Waals surface area contributed by atoms with E-state index in [-0.39, 0.29) is 0 Å². The van der Waals surface area contributed by atoms with Crippen LogP contribution in [0, 0.1) is 12.5 Å². The molecular formula is C8H11N3. The topological polar surface area (TPSA) is 22.2 Å². The molecule has 0 bridgehead atoms. The van der Waals surface area contributed by atoms with Crippen molar-refractivity contribution in [2.45, 2.75) is 20.4 Å². The van der Waals surface area contributed by atoms with E-state index in [1.54, 1.807) is 16.9 Å². The minimum absolute atomic E-state index is 0.537. The zero-order valence-corrected chi connectivity index (χ0v) is 6.78. The molecule has 0 amide bonds. The molecule has 3 heteroatoms. The van der Waals surface area contributed by atoms with Gasteiger partial charge >= 0.3 is 0 Å². The summed E-state index contributed by atoms with van der Waals surface area (Å²) in [5.74, 6) is 1.16. The molecule has 1 heterocycles. The molecule has 0 aromatic carbocycles. The van der Waals surface area contributed by atoms with Gasteiger partial charge < -0.3 is 4.85 Å². The number of aromatic nitrogens is 2. The van der Waals surface area contributed by atoms with Crippen molar-refractivity contribution < 1.29 is 0 Å². The molecule has 0 saturated heterocycles. The molecule has 0 aliphatic heterocycles. The first-order valence-electron chi connectivity index (χ1n) is 3.63. The van der Waals surface area contributed by atoms with Gasteiger partial charge in [0.15, 0.2) is 0 Å². The Morgan fingerprint density at radius 3 is 3.00 bits per heavy atom. The molecule has 58 valence electrons. The quantitative estimate of drug-likeness (QED) is 0.590. The second kappa shape index (κ2) is 3.20. The van der Waals surface area contributed by atoms with E-state index in [9.17, 15) is 0 Å². The summed E-state index contributed by atoms with van der Waals surface area (Å²) in [6, 6.07) is 1.73. The van der Waals surface area contributed by atoms with Crippen LogP contribution in [0.2, 0.25) is 0 Å². The van der Waals surface area contributed by atoms with Gasteiger partial charge in [-0.3, -0.25) is 0 Å². The fourth-order valence-electron chi connectivity index (χ4n) is 0.907. The lowest BCUT2D eigenvalue weighted by atomic mass is 10.2. The van der Waals surface area contributed by atoms with Crippen molar-refractivity contribution in [2.24, 2.45) is 5.92 Å². The Morgan fingerprint density at radius 1 is 1.73 bits per heavy atom. The molecular weight excluding hydrogens is 138 g/mol. The van der Waals surface area contributed by atoms with Crippen LogP contribution < -0.4 is 0 Å². The first-order chi connectivity index (χ1) is 5.24. The molecule has 0 aliphatic rings. The van der Waals surface area contributed by atoms with Crippen LogP contribution in [0.4, 0.5) is 5.82 Å². The maximum atomic E-state index is 6.81. The van der Waals surface area contributed by atoms with E-state index >= 15 is 0 Å². The van der Waals surface area contributed by atoms with Gasteiger partial charge in [0.05, 0.1) is 12.7 Å². The zero-order chi connectivity index (χ0) is 8.27. The van der Waals surface area contributed by atoms with Gasteiger partial charge in [-0.1, -0.05) is 20.4 Å². The Bertz CT molecular complexity index is 267. The Labute approximate surface area is 66.5 Å². The van der Waals surface area contributed by atoms with Crippen LogP contribution in [0.15, 0.2) is 12.3 Å². The predicted molar refractivity (Wildman–Crippen MR) is 43.3 cm³/mol. The van der Waals surface area contributed by atoms with Gasteiger partial charge in [0.1, 0.15) is 0 Å². The highest BCUT2D eigenvalue weighted by atomic mass is 15.3. The van der Waals surface area contributed by atoms with Crippen LogP contribution in [0.5, 0.6) is 0 Å². The lowest BCUT2D eigenvalue weighted by Crippen LogP contribution is -2.04. The van der Waals surface area contributed by atoms with Crippen LogP contribution in [0.3, 0.4) is 0 Å². The highest BCUT2D eigenvalue weighted by Crippen LogP contribution is 2.11. The first-order valence-corrected chi connectivity index (χ1v) is 3.63. The van der Waals surface area contributed by atoms with Crippen molar-refractivity contribution in [3.63, 3.8) is 0 Å². The molecule has 11 heavy (non-hydrogen) atoms. The highest BCUT2D eigenvalue weighted by Gasteiger charge is 2.04. The smallest absolute Gasteiger partial charge is 0.252 e. The van der Waals surface area contributed by atoms with Gasteiger partial charge in [0.2, 0.25) is 0 Å². The number of nitrogens with zero attached hydrogens (tertiary/aromatic N) is 3. The summed E-state index contributed by atoms with van der Waals surface area (Å²) >= 11 is 0. The van der Waals surface area contributed by atoms with E-state index in [4.69, 9.17) is 6.57 Å². The minimum atomic E-state index is 0.537. The van der Waals surface area contributed by atoms with Crippen molar-refractivity contribution in [1.82, 2.24) is 9.78 Å². The van der Waals surface area contributed by atoms with E-state index in [0.29, 0.717) is 11.7 Å². The lowest BCUT2D eigenvalue weighted by Gasteiger charge is -2.01. The predicted octanol–water partition coefficient (Wildman–Crippen LogP) is 2.09. The highest BCUT2D eigenvalue weighted by molar-refractivity contribution is 5.34. The van der Waals surface area contributed by atoms with Gasteiger partial charge in [0.25, 0.3) is 5.82 Å². The van der Waals surface area contributed by atoms with Crippen molar-refractivity contribution >= 4 is 5.82 Å². The third kappa shape index (κ3) is 1.81. The molecule has 1 aromatic rings. The van der Waals surface area contributed by atoms with Crippen molar-refractivity contribution in [3.05, 3.63) is 23.7 Å². The summed E-state index contributed by atoms with van der Waals surface area (Å²) in [6.07, 6.45) is 1.66. The largest absolute Gasteiger partial charge is 0.362 e. The first kappa shape index (κ1) is 7.80. The molecule has 1 aromatic heterocycles. The number of rotatable bonds is 2. The second-order valence-corrected chi connectivity index (χ2v) is 2.88. The Balaban J connectivity index is 2.79. The van der Waals surface area contributed by atoms with Gasteiger partial charge in [-0.05, 0) is 12.0 Å².